The lowest BCUT2D eigenvalue weighted by Gasteiger charge is -2.16. The van der Waals surface area contributed by atoms with Crippen molar-refractivity contribution < 1.29 is 27.0 Å². The van der Waals surface area contributed by atoms with E-state index in [1.54, 1.807) is 24.3 Å². The number of thioether (sulfide) groups is 1. The number of nitrogens with zero attached hydrogens (tertiary/aromatic N) is 2. The van der Waals surface area contributed by atoms with Crippen LogP contribution in [0.15, 0.2) is 64.8 Å². The van der Waals surface area contributed by atoms with E-state index in [1.807, 2.05) is 42.1 Å². The van der Waals surface area contributed by atoms with E-state index in [1.165, 1.54) is 0 Å². The molecule has 2 aliphatic heterocycles. The molecule has 2 heterocycles. The van der Waals surface area contributed by atoms with Crippen molar-refractivity contribution >= 4 is 51.5 Å². The average molecular weight is 630 g/mol. The van der Waals surface area contributed by atoms with Gasteiger partial charge < -0.3 is 16.0 Å². The van der Waals surface area contributed by atoms with Gasteiger partial charge in [-0.15, -0.1) is 12.6 Å². The lowest BCUT2D eigenvalue weighted by atomic mass is 10.0. The molecule has 3 N–H and O–H groups in total. The van der Waals surface area contributed by atoms with Crippen LogP contribution in [-0.2, 0) is 15.4 Å². The van der Waals surface area contributed by atoms with E-state index in [-0.39, 0.29) is 24.0 Å². The van der Waals surface area contributed by atoms with Gasteiger partial charge in [-0.2, -0.15) is 22.0 Å². The Morgan fingerprint density at radius 1 is 0.814 bits per heavy atom. The standard InChI is InChI=1S/C30H39N5O3S.O3S/c36-25(14-8-9-15-27-28-26(21-39-27)32-30(38)33-28)13-7-2-1-3-10-20-31-29(37)22-16-18-24(19-17-22)35-34-23-11-5-4-6-12-23;1-4(2)3/h4-6,11-12,16-19,26-28H,1-3,7-10,13-15,20-21H2,(H,31,37)(H2,32,33,38);/t26-,27?,28-;/m1./s1. The maximum atomic E-state index is 12.4. The van der Waals surface area contributed by atoms with E-state index < -0.39 is 10.6 Å². The fourth-order valence-corrected chi connectivity index (χ4v) is 6.55. The Morgan fingerprint density at radius 3 is 2.12 bits per heavy atom. The van der Waals surface area contributed by atoms with Crippen LogP contribution < -0.4 is 16.0 Å². The number of hydrogen-bond acceptors (Lipinski definition) is 9. The lowest BCUT2D eigenvalue weighted by Crippen LogP contribution is -2.36. The summed E-state index contributed by atoms with van der Waals surface area (Å²) in [4.78, 5) is 36.0. The maximum Gasteiger partial charge on any atom is 0.425 e. The lowest BCUT2D eigenvalue weighted by molar-refractivity contribution is -0.119. The number of azo groups is 1. The maximum absolute atomic E-state index is 12.4. The van der Waals surface area contributed by atoms with Crippen LogP contribution in [0.4, 0.5) is 16.2 Å². The van der Waals surface area contributed by atoms with E-state index in [2.05, 4.69) is 26.2 Å². The Hall–Kier alpha value is -3.58. The van der Waals surface area contributed by atoms with Crippen molar-refractivity contribution in [3.05, 3.63) is 60.2 Å². The van der Waals surface area contributed by atoms with Gasteiger partial charge in [0.05, 0.1) is 23.5 Å². The summed E-state index contributed by atoms with van der Waals surface area (Å²) < 4.78 is 25.3. The highest BCUT2D eigenvalue weighted by Gasteiger charge is 2.42. The molecule has 4 rings (SSSR count). The molecule has 2 saturated heterocycles. The van der Waals surface area contributed by atoms with E-state index in [0.717, 1.165) is 62.8 Å². The van der Waals surface area contributed by atoms with Crippen molar-refractivity contribution in [3.63, 3.8) is 0 Å². The molecule has 2 aromatic rings. The van der Waals surface area contributed by atoms with Gasteiger partial charge in [0, 0.05) is 36.0 Å². The summed E-state index contributed by atoms with van der Waals surface area (Å²) in [7, 11) is -3.11. The molecular weight excluding hydrogens is 590 g/mol. The van der Waals surface area contributed by atoms with Gasteiger partial charge in [-0.25, -0.2) is 4.79 Å². The number of benzene rings is 2. The van der Waals surface area contributed by atoms with Gasteiger partial charge in [-0.1, -0.05) is 43.9 Å². The second-order valence-electron chi connectivity index (χ2n) is 10.5. The highest BCUT2D eigenvalue weighted by Crippen LogP contribution is 2.33. The molecule has 2 aliphatic rings. The predicted octanol–water partition coefficient (Wildman–Crippen LogP) is 5.46. The zero-order chi connectivity index (χ0) is 30.9. The smallest absolute Gasteiger partial charge is 0.352 e. The Kier molecular flexibility index (Phi) is 14.9. The number of carbonyl (C=O) groups is 3. The largest absolute Gasteiger partial charge is 0.425 e. The first kappa shape index (κ1) is 33.9. The fourth-order valence-electron chi connectivity index (χ4n) is 5.01. The molecule has 0 spiro atoms. The second kappa shape index (κ2) is 18.9. The summed E-state index contributed by atoms with van der Waals surface area (Å²) in [5.41, 5.74) is 2.10. The summed E-state index contributed by atoms with van der Waals surface area (Å²) >= 11 is 1.93. The van der Waals surface area contributed by atoms with Crippen molar-refractivity contribution in [2.75, 3.05) is 12.3 Å². The SMILES string of the molecule is O=C(CCCCCCCNC(=O)c1ccc(N=Nc2ccccc2)cc1)CCCCC1SC[C@H]2NC(=O)N[C@@H]12.O=S(=O)=O. The summed E-state index contributed by atoms with van der Waals surface area (Å²) in [5, 5.41) is 17.8. The molecule has 232 valence electrons. The van der Waals surface area contributed by atoms with E-state index in [0.29, 0.717) is 41.7 Å². The number of amides is 3. The quantitative estimate of drug-likeness (QED) is 0.126. The van der Waals surface area contributed by atoms with Gasteiger partial charge >= 0.3 is 16.6 Å². The van der Waals surface area contributed by atoms with Crippen LogP contribution in [0.1, 0.15) is 74.6 Å². The predicted molar refractivity (Wildman–Crippen MR) is 166 cm³/mol. The van der Waals surface area contributed by atoms with Crippen LogP contribution in [0.5, 0.6) is 0 Å². The number of unbranched alkanes of at least 4 members (excludes halogenated alkanes) is 5. The minimum absolute atomic E-state index is 0.0413. The first-order valence-corrected chi connectivity index (χ1v) is 16.7. The molecule has 2 fully saturated rings. The van der Waals surface area contributed by atoms with Crippen LogP contribution >= 0.6 is 11.8 Å². The molecule has 0 aromatic heterocycles. The van der Waals surface area contributed by atoms with Crippen LogP contribution in [0.3, 0.4) is 0 Å². The number of ketones is 1. The minimum atomic E-state index is -3.11. The number of Topliss-reactive ketones (excluding diaryl/α,β-unsaturated/α-hetero) is 1. The topological polar surface area (TPSA) is 163 Å². The molecule has 1 unspecified atom stereocenters. The van der Waals surface area contributed by atoms with Crippen molar-refractivity contribution in [1.29, 1.82) is 0 Å². The van der Waals surface area contributed by atoms with Crippen molar-refractivity contribution in [1.82, 2.24) is 16.0 Å². The van der Waals surface area contributed by atoms with Gasteiger partial charge in [0.15, 0.2) is 0 Å². The molecule has 11 nitrogen and oxygen atoms in total. The molecule has 13 heteroatoms. The van der Waals surface area contributed by atoms with E-state index in [9.17, 15) is 14.4 Å². The normalized spacial score (nSPS) is 18.7. The molecule has 2 aromatic carbocycles. The average Bonchev–Trinajstić information content (AvgIpc) is 3.55. The molecule has 0 saturated carbocycles. The van der Waals surface area contributed by atoms with Crippen LogP contribution in [0.2, 0.25) is 0 Å². The van der Waals surface area contributed by atoms with Gasteiger partial charge in [-0.05, 0) is 62.1 Å². The summed E-state index contributed by atoms with van der Waals surface area (Å²) in [5.74, 6) is 1.27. The molecule has 0 aliphatic carbocycles. The van der Waals surface area contributed by atoms with Gasteiger partial charge in [0.2, 0.25) is 0 Å². The third-order valence-corrected chi connectivity index (χ3v) is 8.73. The van der Waals surface area contributed by atoms with Crippen molar-refractivity contribution in [2.45, 2.75) is 81.5 Å². The minimum Gasteiger partial charge on any atom is -0.352 e. The molecule has 3 atom stereocenters. The first-order valence-electron chi connectivity index (χ1n) is 14.6. The van der Waals surface area contributed by atoms with E-state index in [4.69, 9.17) is 12.6 Å². The molecular formula is C30H39N5O6S2. The van der Waals surface area contributed by atoms with E-state index >= 15 is 0 Å². The van der Waals surface area contributed by atoms with Crippen LogP contribution in [-0.4, -0.2) is 60.0 Å². The Labute approximate surface area is 258 Å². The monoisotopic (exact) mass is 629 g/mol. The fraction of sp³-hybridized carbons (Fsp3) is 0.500. The third-order valence-electron chi connectivity index (χ3n) is 7.22. The summed E-state index contributed by atoms with van der Waals surface area (Å²) in [6.45, 7) is 0.647. The highest BCUT2D eigenvalue weighted by atomic mass is 32.2. The number of fused-ring (bicyclic) bond motifs is 1. The molecule has 0 bridgehead atoms. The number of nitrogens with one attached hydrogen (secondary N) is 3. The summed E-state index contributed by atoms with van der Waals surface area (Å²) in [6.07, 6.45) is 9.41. The van der Waals surface area contributed by atoms with Gasteiger partial charge in [0.25, 0.3) is 5.91 Å². The number of rotatable bonds is 16. The Bertz CT molecular complexity index is 1320. The van der Waals surface area contributed by atoms with Gasteiger partial charge in [0.1, 0.15) is 5.78 Å². The van der Waals surface area contributed by atoms with Crippen molar-refractivity contribution in [3.8, 4) is 0 Å². The molecule has 0 radical (unpaired) electrons. The second-order valence-corrected chi connectivity index (χ2v) is 12.1. The highest BCUT2D eigenvalue weighted by molar-refractivity contribution is 8.00. The van der Waals surface area contributed by atoms with Crippen LogP contribution in [0.25, 0.3) is 0 Å². The zero-order valence-corrected chi connectivity index (χ0v) is 25.7. The summed E-state index contributed by atoms with van der Waals surface area (Å²) in [6, 6.07) is 17.1. The Morgan fingerprint density at radius 2 is 1.42 bits per heavy atom. The van der Waals surface area contributed by atoms with Crippen molar-refractivity contribution in [2.24, 2.45) is 10.2 Å². The Balaban J connectivity index is 0.00000119. The number of urea groups is 1. The van der Waals surface area contributed by atoms with Gasteiger partial charge in [-0.3, -0.25) is 9.59 Å². The molecule has 43 heavy (non-hydrogen) atoms. The third kappa shape index (κ3) is 13.1. The number of hydrogen-bond donors (Lipinski definition) is 3. The van der Waals surface area contributed by atoms with Crippen LogP contribution in [0, 0.1) is 0 Å². The zero-order valence-electron chi connectivity index (χ0n) is 24.1. The number of carbonyl (C=O) groups excluding carboxylic acids is 3. The molecule has 3 amide bonds. The first-order chi connectivity index (χ1) is 20.8.